The van der Waals surface area contributed by atoms with Gasteiger partial charge >= 0.3 is 0 Å². The Morgan fingerprint density at radius 2 is 1.04 bits per heavy atom. The van der Waals surface area contributed by atoms with Crippen LogP contribution in [-0.2, 0) is 10.8 Å². The first kappa shape index (κ1) is 29.8. The van der Waals surface area contributed by atoms with Crippen molar-refractivity contribution in [1.29, 1.82) is 0 Å². The second kappa shape index (κ2) is 10.7. The molecule has 0 saturated carbocycles. The largest absolute Gasteiger partial charge is 0.453 e. The highest BCUT2D eigenvalue weighted by molar-refractivity contribution is 5.95. The van der Waals surface area contributed by atoms with Gasteiger partial charge in [0, 0.05) is 27.9 Å². The number of hydrogen-bond donors (Lipinski definition) is 0. The van der Waals surface area contributed by atoms with Crippen molar-refractivity contribution in [1.82, 2.24) is 0 Å². The van der Waals surface area contributed by atoms with E-state index in [4.69, 9.17) is 4.74 Å². The fourth-order valence-electron chi connectivity index (χ4n) is 8.79. The zero-order chi connectivity index (χ0) is 34.5. The molecule has 7 aromatic carbocycles. The van der Waals surface area contributed by atoms with Crippen molar-refractivity contribution in [2.45, 2.75) is 38.5 Å². The SMILES string of the molecule is CC1(C)c2ccccc2-c2ccc(N(c3ccc(-c4ccccc4)cc3)c3ccc4c(c3)N3c5ccccc5Oc5cccc(c53)C4(C)C)cc21. The third-order valence-electron chi connectivity index (χ3n) is 11.4. The summed E-state index contributed by atoms with van der Waals surface area (Å²) in [6.45, 7) is 9.37. The molecule has 1 aliphatic carbocycles. The number of rotatable bonds is 4. The lowest BCUT2D eigenvalue weighted by Gasteiger charge is -2.45. The maximum atomic E-state index is 6.53. The van der Waals surface area contributed by atoms with Gasteiger partial charge in [0.1, 0.15) is 0 Å². The van der Waals surface area contributed by atoms with Crippen LogP contribution in [0.5, 0.6) is 11.5 Å². The highest BCUT2D eigenvalue weighted by Crippen LogP contribution is 2.60. The molecule has 0 unspecified atom stereocenters. The molecule has 0 bridgehead atoms. The highest BCUT2D eigenvalue weighted by Gasteiger charge is 2.42. The van der Waals surface area contributed by atoms with E-state index in [1.165, 1.54) is 50.2 Å². The Morgan fingerprint density at radius 3 is 1.88 bits per heavy atom. The average Bonchev–Trinajstić information content (AvgIpc) is 3.39. The van der Waals surface area contributed by atoms with E-state index < -0.39 is 0 Å². The van der Waals surface area contributed by atoms with Gasteiger partial charge in [-0.25, -0.2) is 0 Å². The van der Waals surface area contributed by atoms with Crippen molar-refractivity contribution in [3.63, 3.8) is 0 Å². The number of anilines is 6. The standard InChI is InChI=1S/C48H38N2O/c1-47(2)38-16-9-8-15-36(38)37-27-25-34(29-41(37)47)49(33-23-21-32(22-24-33)31-13-6-5-7-14-31)35-26-28-39-43(30-35)50-42-18-10-11-19-44(42)51-45-20-12-17-40(46(45)50)48(39,3)4/h5-30H,1-4H3. The van der Waals surface area contributed by atoms with Gasteiger partial charge in [-0.05, 0) is 99.1 Å². The molecule has 0 N–H and O–H groups in total. The Morgan fingerprint density at radius 1 is 0.431 bits per heavy atom. The molecule has 10 rings (SSSR count). The predicted molar refractivity (Wildman–Crippen MR) is 211 cm³/mol. The first-order valence-electron chi connectivity index (χ1n) is 17.9. The molecule has 2 aliphatic heterocycles. The third kappa shape index (κ3) is 4.31. The van der Waals surface area contributed by atoms with Gasteiger partial charge in [-0.2, -0.15) is 0 Å². The molecule has 3 heteroatoms. The van der Waals surface area contributed by atoms with Crippen molar-refractivity contribution < 1.29 is 4.74 Å². The first-order valence-corrected chi connectivity index (χ1v) is 17.9. The second-order valence-electron chi connectivity index (χ2n) is 15.0. The summed E-state index contributed by atoms with van der Waals surface area (Å²) in [7, 11) is 0. The molecule has 246 valence electrons. The second-order valence-corrected chi connectivity index (χ2v) is 15.0. The molecule has 51 heavy (non-hydrogen) atoms. The maximum Gasteiger partial charge on any atom is 0.151 e. The molecule has 3 aliphatic rings. The van der Waals surface area contributed by atoms with Crippen molar-refractivity contribution in [3.8, 4) is 33.8 Å². The Bertz CT molecular complexity index is 2510. The summed E-state index contributed by atoms with van der Waals surface area (Å²) in [4.78, 5) is 4.85. The Balaban J connectivity index is 1.18. The number of ether oxygens (including phenoxy) is 1. The van der Waals surface area contributed by atoms with Crippen LogP contribution >= 0.6 is 0 Å². The Labute approximate surface area is 300 Å². The van der Waals surface area contributed by atoms with Crippen molar-refractivity contribution in [2.75, 3.05) is 9.80 Å². The normalized spacial score (nSPS) is 15.1. The molecular weight excluding hydrogens is 621 g/mol. The summed E-state index contributed by atoms with van der Waals surface area (Å²) in [5.74, 6) is 1.76. The van der Waals surface area contributed by atoms with E-state index >= 15 is 0 Å². The van der Waals surface area contributed by atoms with Crippen molar-refractivity contribution in [3.05, 3.63) is 180 Å². The molecule has 7 aromatic rings. The van der Waals surface area contributed by atoms with Crippen LogP contribution < -0.4 is 14.5 Å². The maximum absolute atomic E-state index is 6.53. The molecule has 0 spiro atoms. The highest BCUT2D eigenvalue weighted by atomic mass is 16.5. The molecule has 2 heterocycles. The average molecular weight is 659 g/mol. The molecule has 0 atom stereocenters. The van der Waals surface area contributed by atoms with Crippen LogP contribution in [0.1, 0.15) is 49.9 Å². The van der Waals surface area contributed by atoms with Crippen LogP contribution in [-0.4, -0.2) is 0 Å². The molecule has 0 saturated heterocycles. The van der Waals surface area contributed by atoms with Crippen LogP contribution in [0.25, 0.3) is 22.3 Å². The van der Waals surface area contributed by atoms with Gasteiger partial charge < -0.3 is 14.5 Å². The number of benzene rings is 7. The summed E-state index contributed by atoms with van der Waals surface area (Å²) in [6, 6.07) is 57.4. The zero-order valence-corrected chi connectivity index (χ0v) is 29.3. The summed E-state index contributed by atoms with van der Waals surface area (Å²) >= 11 is 0. The van der Waals surface area contributed by atoms with Crippen molar-refractivity contribution in [2.24, 2.45) is 0 Å². The van der Waals surface area contributed by atoms with E-state index in [1.54, 1.807) is 0 Å². The van der Waals surface area contributed by atoms with Crippen molar-refractivity contribution >= 4 is 34.1 Å². The lowest BCUT2D eigenvalue weighted by atomic mass is 9.73. The van der Waals surface area contributed by atoms with Crippen LogP contribution in [0.15, 0.2) is 158 Å². The van der Waals surface area contributed by atoms with Gasteiger partial charge in [0.05, 0.1) is 17.1 Å². The quantitative estimate of drug-likeness (QED) is 0.187. The molecule has 0 fully saturated rings. The summed E-state index contributed by atoms with van der Waals surface area (Å²) in [5.41, 5.74) is 16.7. The fraction of sp³-hybridized carbons (Fsp3) is 0.125. The van der Waals surface area contributed by atoms with E-state index in [0.717, 1.165) is 39.9 Å². The molecular formula is C48H38N2O. The smallest absolute Gasteiger partial charge is 0.151 e. The van der Waals surface area contributed by atoms with E-state index in [-0.39, 0.29) is 10.8 Å². The number of hydrogen-bond acceptors (Lipinski definition) is 3. The Hall–Kier alpha value is -6.06. The molecule has 0 radical (unpaired) electrons. The van der Waals surface area contributed by atoms with Gasteiger partial charge in [-0.3, -0.25) is 0 Å². The van der Waals surface area contributed by atoms with E-state index in [2.05, 4.69) is 189 Å². The third-order valence-corrected chi connectivity index (χ3v) is 11.4. The minimum Gasteiger partial charge on any atom is -0.453 e. The molecule has 0 aromatic heterocycles. The van der Waals surface area contributed by atoms with Crippen LogP contribution in [0.2, 0.25) is 0 Å². The molecule has 0 amide bonds. The van der Waals surface area contributed by atoms with Gasteiger partial charge in [0.25, 0.3) is 0 Å². The monoisotopic (exact) mass is 658 g/mol. The van der Waals surface area contributed by atoms with Gasteiger partial charge in [0.2, 0.25) is 0 Å². The molecule has 3 nitrogen and oxygen atoms in total. The lowest BCUT2D eigenvalue weighted by molar-refractivity contribution is 0.471. The number of nitrogens with zero attached hydrogens (tertiary/aromatic N) is 2. The zero-order valence-electron chi connectivity index (χ0n) is 29.3. The summed E-state index contributed by atoms with van der Waals surface area (Å²) in [5, 5.41) is 0. The summed E-state index contributed by atoms with van der Waals surface area (Å²) in [6.07, 6.45) is 0. The van der Waals surface area contributed by atoms with Crippen LogP contribution in [0, 0.1) is 0 Å². The van der Waals surface area contributed by atoms with E-state index in [1.807, 2.05) is 6.07 Å². The van der Waals surface area contributed by atoms with Gasteiger partial charge in [-0.15, -0.1) is 0 Å². The van der Waals surface area contributed by atoms with Gasteiger partial charge in [0.15, 0.2) is 11.5 Å². The number of fused-ring (bicyclic) bond motifs is 7. The van der Waals surface area contributed by atoms with Gasteiger partial charge in [-0.1, -0.05) is 131 Å². The minimum absolute atomic E-state index is 0.109. The van der Waals surface area contributed by atoms with E-state index in [9.17, 15) is 0 Å². The first-order chi connectivity index (χ1) is 24.8. The number of para-hydroxylation sites is 3. The minimum atomic E-state index is -0.225. The van der Waals surface area contributed by atoms with E-state index in [0.29, 0.717) is 0 Å². The summed E-state index contributed by atoms with van der Waals surface area (Å²) < 4.78 is 6.53. The van der Waals surface area contributed by atoms with Crippen LogP contribution in [0.3, 0.4) is 0 Å². The lowest BCUT2D eigenvalue weighted by Crippen LogP contribution is -2.32. The van der Waals surface area contributed by atoms with Crippen LogP contribution in [0.4, 0.5) is 34.1 Å². The predicted octanol–water partition coefficient (Wildman–Crippen LogP) is 13.3. The topological polar surface area (TPSA) is 15.7 Å². The Kier molecular flexibility index (Phi) is 6.27. The fourth-order valence-corrected chi connectivity index (χ4v) is 8.79.